The maximum atomic E-state index is 12.7. The summed E-state index contributed by atoms with van der Waals surface area (Å²) in [6, 6.07) is 4.06. The molecule has 1 aliphatic heterocycles. The number of hydrogen-bond donors (Lipinski definition) is 1. The van der Waals surface area contributed by atoms with Gasteiger partial charge < -0.3 is 10.6 Å². The van der Waals surface area contributed by atoms with E-state index >= 15 is 0 Å². The minimum atomic E-state index is 0.0601. The number of nitrogen functional groups attached to an aromatic ring is 1. The van der Waals surface area contributed by atoms with E-state index < -0.39 is 0 Å². The number of carbonyl (C=O) groups is 1. The first-order chi connectivity index (χ1) is 9.58. The molecule has 5 heteroatoms. The van der Waals surface area contributed by atoms with Crippen LogP contribution in [0.1, 0.15) is 36.4 Å². The summed E-state index contributed by atoms with van der Waals surface area (Å²) in [6.45, 7) is 5.19. The van der Waals surface area contributed by atoms with Gasteiger partial charge in [0.05, 0.1) is 5.69 Å². The molecular formula is C15H19N3OS. The zero-order valence-electron chi connectivity index (χ0n) is 11.8. The summed E-state index contributed by atoms with van der Waals surface area (Å²) in [5.74, 6) is 0.750. The highest BCUT2D eigenvalue weighted by Gasteiger charge is 2.30. The average Bonchev–Trinajstić information content (AvgIpc) is 2.76. The van der Waals surface area contributed by atoms with Gasteiger partial charge in [-0.15, -0.1) is 11.3 Å². The van der Waals surface area contributed by atoms with Crippen LogP contribution in [0.25, 0.3) is 10.2 Å². The normalized spacial score (nSPS) is 23.2. The van der Waals surface area contributed by atoms with Crippen molar-refractivity contribution in [2.75, 3.05) is 12.3 Å². The van der Waals surface area contributed by atoms with Crippen molar-refractivity contribution in [3.8, 4) is 0 Å². The maximum absolute atomic E-state index is 12.7. The number of carbonyl (C=O) groups excluding carboxylic acids is 1. The highest BCUT2D eigenvalue weighted by atomic mass is 32.1. The zero-order valence-corrected chi connectivity index (χ0v) is 12.6. The van der Waals surface area contributed by atoms with Crippen molar-refractivity contribution in [2.45, 2.75) is 32.7 Å². The van der Waals surface area contributed by atoms with Crippen molar-refractivity contribution in [3.63, 3.8) is 0 Å². The Kier molecular flexibility index (Phi) is 3.38. The van der Waals surface area contributed by atoms with E-state index in [1.165, 1.54) is 11.3 Å². The quantitative estimate of drug-likeness (QED) is 0.877. The van der Waals surface area contributed by atoms with Crippen molar-refractivity contribution < 1.29 is 4.79 Å². The van der Waals surface area contributed by atoms with Crippen LogP contribution in [0.15, 0.2) is 18.3 Å². The second kappa shape index (κ2) is 5.05. The lowest BCUT2D eigenvalue weighted by molar-refractivity contribution is 0.0594. The fraction of sp³-hybridized carbons (Fsp3) is 0.467. The fourth-order valence-corrected chi connectivity index (χ4v) is 3.97. The Morgan fingerprint density at radius 3 is 3.00 bits per heavy atom. The van der Waals surface area contributed by atoms with Gasteiger partial charge in [0.2, 0.25) is 0 Å². The molecule has 0 spiro atoms. The van der Waals surface area contributed by atoms with E-state index in [4.69, 9.17) is 5.73 Å². The van der Waals surface area contributed by atoms with Crippen molar-refractivity contribution in [2.24, 2.45) is 5.92 Å². The van der Waals surface area contributed by atoms with Gasteiger partial charge in [-0.25, -0.2) is 4.98 Å². The van der Waals surface area contributed by atoms with Crippen LogP contribution < -0.4 is 5.73 Å². The molecule has 0 bridgehead atoms. The lowest BCUT2D eigenvalue weighted by Crippen LogP contribution is -2.44. The molecule has 2 atom stereocenters. The highest BCUT2D eigenvalue weighted by molar-refractivity contribution is 7.21. The van der Waals surface area contributed by atoms with E-state index in [-0.39, 0.29) is 11.9 Å². The van der Waals surface area contributed by atoms with Gasteiger partial charge in [0.15, 0.2) is 0 Å². The summed E-state index contributed by atoms with van der Waals surface area (Å²) < 4.78 is 0. The number of hydrogen-bond acceptors (Lipinski definition) is 4. The van der Waals surface area contributed by atoms with E-state index in [1.54, 1.807) is 6.20 Å². The molecule has 0 radical (unpaired) electrons. The molecule has 2 aromatic rings. The standard InChI is InChI=1S/C15H19N3OS/c1-9-5-7-18(10(2)8-9)15(19)13-12(16)11-4-3-6-17-14(11)20-13/h3-4,6,9-10H,5,7-8,16H2,1-2H3. The van der Waals surface area contributed by atoms with Gasteiger partial charge in [0.1, 0.15) is 9.71 Å². The molecule has 20 heavy (non-hydrogen) atoms. The Labute approximate surface area is 122 Å². The Balaban J connectivity index is 1.94. The second-order valence-corrected chi connectivity index (χ2v) is 6.68. The summed E-state index contributed by atoms with van der Waals surface area (Å²) >= 11 is 1.40. The monoisotopic (exact) mass is 289 g/mol. The number of thiophene rings is 1. The minimum absolute atomic E-state index is 0.0601. The van der Waals surface area contributed by atoms with Crippen LogP contribution in [-0.4, -0.2) is 28.4 Å². The number of nitrogens with zero attached hydrogens (tertiary/aromatic N) is 2. The van der Waals surface area contributed by atoms with Crippen molar-refractivity contribution in [1.82, 2.24) is 9.88 Å². The average molecular weight is 289 g/mol. The van der Waals surface area contributed by atoms with Crippen LogP contribution in [-0.2, 0) is 0 Å². The molecule has 4 nitrogen and oxygen atoms in total. The summed E-state index contributed by atoms with van der Waals surface area (Å²) in [6.07, 6.45) is 3.87. The van der Waals surface area contributed by atoms with E-state index in [1.807, 2.05) is 17.0 Å². The van der Waals surface area contributed by atoms with Gasteiger partial charge in [0, 0.05) is 24.2 Å². The number of piperidine rings is 1. The Bertz CT molecular complexity index is 652. The van der Waals surface area contributed by atoms with Crippen molar-refractivity contribution in [1.29, 1.82) is 0 Å². The Morgan fingerprint density at radius 1 is 1.50 bits per heavy atom. The highest BCUT2D eigenvalue weighted by Crippen LogP contribution is 2.34. The van der Waals surface area contributed by atoms with Gasteiger partial charge in [0.25, 0.3) is 5.91 Å². The molecule has 3 heterocycles. The Hall–Kier alpha value is -1.62. The molecule has 3 rings (SSSR count). The molecule has 1 fully saturated rings. The van der Waals surface area contributed by atoms with Crippen LogP contribution in [0.3, 0.4) is 0 Å². The maximum Gasteiger partial charge on any atom is 0.266 e. The summed E-state index contributed by atoms with van der Waals surface area (Å²) in [7, 11) is 0. The Morgan fingerprint density at radius 2 is 2.30 bits per heavy atom. The first-order valence-electron chi connectivity index (χ1n) is 7.02. The van der Waals surface area contributed by atoms with Crippen LogP contribution in [0, 0.1) is 5.92 Å². The molecule has 2 N–H and O–H groups in total. The number of fused-ring (bicyclic) bond motifs is 1. The van der Waals surface area contributed by atoms with Crippen molar-refractivity contribution in [3.05, 3.63) is 23.2 Å². The molecular weight excluding hydrogens is 270 g/mol. The molecule has 0 aliphatic carbocycles. The lowest BCUT2D eigenvalue weighted by atomic mass is 9.93. The van der Waals surface area contributed by atoms with Gasteiger partial charge in [-0.2, -0.15) is 0 Å². The number of amides is 1. The van der Waals surface area contributed by atoms with Crippen LogP contribution in [0.2, 0.25) is 0 Å². The molecule has 1 saturated heterocycles. The number of aromatic nitrogens is 1. The lowest BCUT2D eigenvalue weighted by Gasteiger charge is -2.36. The van der Waals surface area contributed by atoms with E-state index in [2.05, 4.69) is 18.8 Å². The molecule has 1 aliphatic rings. The van der Waals surface area contributed by atoms with Gasteiger partial charge >= 0.3 is 0 Å². The predicted octanol–water partition coefficient (Wildman–Crippen LogP) is 3.14. The fourth-order valence-electron chi connectivity index (χ4n) is 2.95. The number of anilines is 1. The zero-order chi connectivity index (χ0) is 14.3. The van der Waals surface area contributed by atoms with E-state index in [0.717, 1.165) is 29.6 Å². The second-order valence-electron chi connectivity index (χ2n) is 5.68. The third kappa shape index (κ3) is 2.16. The van der Waals surface area contributed by atoms with Crippen molar-refractivity contribution >= 4 is 33.1 Å². The van der Waals surface area contributed by atoms with E-state index in [9.17, 15) is 4.79 Å². The molecule has 1 amide bonds. The van der Waals surface area contributed by atoms with Gasteiger partial charge in [-0.05, 0) is 37.8 Å². The van der Waals surface area contributed by atoms with Gasteiger partial charge in [-0.3, -0.25) is 4.79 Å². The molecule has 106 valence electrons. The number of pyridine rings is 1. The number of nitrogens with two attached hydrogens (primary N) is 1. The topological polar surface area (TPSA) is 59.2 Å². The molecule has 2 unspecified atom stereocenters. The van der Waals surface area contributed by atoms with Crippen LogP contribution >= 0.6 is 11.3 Å². The van der Waals surface area contributed by atoms with E-state index in [0.29, 0.717) is 16.5 Å². The number of likely N-dealkylation sites (tertiary alicyclic amines) is 1. The SMILES string of the molecule is CC1CCN(C(=O)c2sc3ncccc3c2N)C(C)C1. The van der Waals surface area contributed by atoms with Gasteiger partial charge in [-0.1, -0.05) is 6.92 Å². The number of rotatable bonds is 1. The molecule has 0 aromatic carbocycles. The summed E-state index contributed by atoms with van der Waals surface area (Å²) in [5.41, 5.74) is 6.72. The first kappa shape index (κ1) is 13.4. The smallest absolute Gasteiger partial charge is 0.266 e. The minimum Gasteiger partial charge on any atom is -0.397 e. The predicted molar refractivity (Wildman–Crippen MR) is 82.9 cm³/mol. The summed E-state index contributed by atoms with van der Waals surface area (Å²) in [4.78, 5) is 20.5. The largest absolute Gasteiger partial charge is 0.397 e. The van der Waals surface area contributed by atoms with Crippen LogP contribution in [0.4, 0.5) is 5.69 Å². The third-order valence-electron chi connectivity index (χ3n) is 4.10. The molecule has 0 saturated carbocycles. The molecule has 2 aromatic heterocycles. The summed E-state index contributed by atoms with van der Waals surface area (Å²) in [5, 5.41) is 0.888. The first-order valence-corrected chi connectivity index (χ1v) is 7.83. The third-order valence-corrected chi connectivity index (χ3v) is 5.22. The van der Waals surface area contributed by atoms with Crippen LogP contribution in [0.5, 0.6) is 0 Å².